The lowest BCUT2D eigenvalue weighted by molar-refractivity contribution is -0.141. The number of ether oxygens (including phenoxy) is 1. The summed E-state index contributed by atoms with van der Waals surface area (Å²) in [5, 5.41) is 0. The summed E-state index contributed by atoms with van der Waals surface area (Å²) in [6.07, 6.45) is 0.988. The highest BCUT2D eigenvalue weighted by Gasteiger charge is 2.14. The summed E-state index contributed by atoms with van der Waals surface area (Å²) in [6, 6.07) is 0. The molecule has 0 aliphatic heterocycles. The van der Waals surface area contributed by atoms with Crippen molar-refractivity contribution in [3.05, 3.63) is 0 Å². The van der Waals surface area contributed by atoms with Gasteiger partial charge in [-0.3, -0.25) is 9.35 Å². The van der Waals surface area contributed by atoms with Crippen molar-refractivity contribution in [2.45, 2.75) is 26.7 Å². The van der Waals surface area contributed by atoms with Crippen LogP contribution in [0.25, 0.3) is 0 Å². The number of carbonyl (C=O) groups excluding carboxylic acids is 1. The summed E-state index contributed by atoms with van der Waals surface area (Å²) in [7, 11) is -4.01. The van der Waals surface area contributed by atoms with Crippen LogP contribution in [-0.2, 0) is 19.6 Å². The first-order chi connectivity index (χ1) is 7.35. The first-order valence-electron chi connectivity index (χ1n) is 4.86. The van der Waals surface area contributed by atoms with E-state index in [-0.39, 0.29) is 18.3 Å². The average Bonchev–Trinajstić information content (AvgIpc) is 2.09. The summed E-state index contributed by atoms with van der Waals surface area (Å²) in [5.41, 5.74) is 0. The highest BCUT2D eigenvalue weighted by molar-refractivity contribution is 7.85. The Balaban J connectivity index is 4.04. The Morgan fingerprint density at radius 2 is 2.12 bits per heavy atom. The summed E-state index contributed by atoms with van der Waals surface area (Å²) in [6.45, 7) is 3.15. The molecule has 1 unspecified atom stereocenters. The van der Waals surface area contributed by atoms with Gasteiger partial charge in [0.15, 0.2) is 0 Å². The first kappa shape index (κ1) is 14.9. The molecule has 92 valence electrons. The van der Waals surface area contributed by atoms with E-state index in [0.717, 1.165) is 0 Å². The third-order valence-electron chi connectivity index (χ3n) is 1.76. The predicted octanol–water partition coefficient (Wildman–Crippen LogP) is 0.857. The first-order valence-corrected chi connectivity index (χ1v) is 6.47. The standard InChI is InChI=1S/C10H16O5S/c1-3-5-10(8-16(12,13)14)6-4-7-15-9(2)11/h10H,4,6-8H2,1-2H3,(H,12,13,14). The smallest absolute Gasteiger partial charge is 0.302 e. The predicted molar refractivity (Wildman–Crippen MR) is 59.2 cm³/mol. The zero-order valence-corrected chi connectivity index (χ0v) is 10.2. The fraction of sp³-hybridized carbons (Fsp3) is 0.700. The van der Waals surface area contributed by atoms with E-state index >= 15 is 0 Å². The van der Waals surface area contributed by atoms with Crippen LogP contribution in [-0.4, -0.2) is 31.3 Å². The molecule has 0 spiro atoms. The van der Waals surface area contributed by atoms with Gasteiger partial charge in [-0.1, -0.05) is 5.92 Å². The second kappa shape index (κ2) is 7.25. The Labute approximate surface area is 95.9 Å². The summed E-state index contributed by atoms with van der Waals surface area (Å²) >= 11 is 0. The summed E-state index contributed by atoms with van der Waals surface area (Å²) in [4.78, 5) is 10.5. The third-order valence-corrected chi connectivity index (χ3v) is 2.59. The van der Waals surface area contributed by atoms with Gasteiger partial charge in [0.2, 0.25) is 0 Å². The van der Waals surface area contributed by atoms with Crippen molar-refractivity contribution in [3.8, 4) is 11.8 Å². The summed E-state index contributed by atoms with van der Waals surface area (Å²) in [5.74, 6) is 4.13. The van der Waals surface area contributed by atoms with Gasteiger partial charge in [0, 0.05) is 12.8 Å². The van der Waals surface area contributed by atoms with Crippen LogP contribution in [0.2, 0.25) is 0 Å². The van der Waals surface area contributed by atoms with Crippen molar-refractivity contribution in [3.63, 3.8) is 0 Å². The zero-order chi connectivity index (χ0) is 12.6. The van der Waals surface area contributed by atoms with E-state index in [2.05, 4.69) is 11.8 Å². The van der Waals surface area contributed by atoms with Gasteiger partial charge in [0.05, 0.1) is 12.4 Å². The monoisotopic (exact) mass is 248 g/mol. The summed E-state index contributed by atoms with van der Waals surface area (Å²) < 4.78 is 34.7. The van der Waals surface area contributed by atoms with Crippen LogP contribution in [0.4, 0.5) is 0 Å². The third kappa shape index (κ3) is 9.49. The molecule has 0 aliphatic rings. The van der Waals surface area contributed by atoms with E-state index in [1.54, 1.807) is 6.92 Å². The molecule has 0 aromatic heterocycles. The molecule has 0 radical (unpaired) electrons. The maximum Gasteiger partial charge on any atom is 0.302 e. The lowest BCUT2D eigenvalue weighted by Gasteiger charge is -2.08. The molecule has 0 saturated carbocycles. The number of carbonyl (C=O) groups is 1. The lowest BCUT2D eigenvalue weighted by Crippen LogP contribution is -2.15. The van der Waals surface area contributed by atoms with E-state index < -0.39 is 16.0 Å². The van der Waals surface area contributed by atoms with Crippen molar-refractivity contribution >= 4 is 16.1 Å². The van der Waals surface area contributed by atoms with Crippen molar-refractivity contribution < 1.29 is 22.5 Å². The molecule has 1 atom stereocenters. The average molecular weight is 248 g/mol. The van der Waals surface area contributed by atoms with Crippen molar-refractivity contribution in [1.29, 1.82) is 0 Å². The van der Waals surface area contributed by atoms with Gasteiger partial charge in [-0.05, 0) is 19.8 Å². The molecule has 0 amide bonds. The SMILES string of the molecule is CC#CC(CCCOC(C)=O)CS(=O)(=O)O. The number of hydrogen-bond acceptors (Lipinski definition) is 4. The normalized spacial score (nSPS) is 12.4. The van der Waals surface area contributed by atoms with E-state index in [0.29, 0.717) is 12.8 Å². The van der Waals surface area contributed by atoms with Gasteiger partial charge < -0.3 is 4.74 Å². The number of hydrogen-bond donors (Lipinski definition) is 1. The molecule has 0 heterocycles. The lowest BCUT2D eigenvalue weighted by atomic mass is 10.1. The zero-order valence-electron chi connectivity index (χ0n) is 9.39. The minimum absolute atomic E-state index is 0.239. The van der Waals surface area contributed by atoms with Gasteiger partial charge in [0.25, 0.3) is 10.1 Å². The maximum atomic E-state index is 10.7. The molecule has 0 bridgehead atoms. The molecule has 1 N–H and O–H groups in total. The molecule has 0 aromatic carbocycles. The molecular weight excluding hydrogens is 232 g/mol. The maximum absolute atomic E-state index is 10.7. The van der Waals surface area contributed by atoms with Gasteiger partial charge in [-0.25, -0.2) is 0 Å². The van der Waals surface area contributed by atoms with Gasteiger partial charge in [0.1, 0.15) is 0 Å². The molecule has 0 saturated heterocycles. The molecule has 0 rings (SSSR count). The second-order valence-corrected chi connectivity index (χ2v) is 4.82. The fourth-order valence-electron chi connectivity index (χ4n) is 1.20. The second-order valence-electron chi connectivity index (χ2n) is 3.32. The number of esters is 1. The van der Waals surface area contributed by atoms with E-state index in [1.165, 1.54) is 6.92 Å². The van der Waals surface area contributed by atoms with E-state index in [1.807, 2.05) is 0 Å². The van der Waals surface area contributed by atoms with E-state index in [9.17, 15) is 13.2 Å². The molecule has 16 heavy (non-hydrogen) atoms. The fourth-order valence-corrected chi connectivity index (χ4v) is 1.96. The van der Waals surface area contributed by atoms with Gasteiger partial charge >= 0.3 is 5.97 Å². The largest absolute Gasteiger partial charge is 0.466 e. The Hall–Kier alpha value is -1.06. The van der Waals surface area contributed by atoms with Crippen LogP contribution in [0.15, 0.2) is 0 Å². The van der Waals surface area contributed by atoms with E-state index in [4.69, 9.17) is 9.29 Å². The minimum Gasteiger partial charge on any atom is -0.466 e. The van der Waals surface area contributed by atoms with Crippen LogP contribution < -0.4 is 0 Å². The Morgan fingerprint density at radius 3 is 2.56 bits per heavy atom. The van der Waals surface area contributed by atoms with Gasteiger partial charge in [-0.2, -0.15) is 8.42 Å². The van der Waals surface area contributed by atoms with Crippen molar-refractivity contribution in [2.75, 3.05) is 12.4 Å². The van der Waals surface area contributed by atoms with Crippen LogP contribution in [0.1, 0.15) is 26.7 Å². The minimum atomic E-state index is -4.01. The van der Waals surface area contributed by atoms with Crippen molar-refractivity contribution in [2.24, 2.45) is 5.92 Å². The molecule has 0 aromatic rings. The van der Waals surface area contributed by atoms with Crippen LogP contribution in [0.3, 0.4) is 0 Å². The molecule has 0 aliphatic carbocycles. The van der Waals surface area contributed by atoms with Crippen LogP contribution in [0.5, 0.6) is 0 Å². The highest BCUT2D eigenvalue weighted by atomic mass is 32.2. The Kier molecular flexibility index (Phi) is 6.77. The van der Waals surface area contributed by atoms with Crippen molar-refractivity contribution in [1.82, 2.24) is 0 Å². The Bertz CT molecular complexity index is 374. The number of rotatable bonds is 6. The molecular formula is C10H16O5S. The Morgan fingerprint density at radius 1 is 1.50 bits per heavy atom. The van der Waals surface area contributed by atoms with Gasteiger partial charge in [-0.15, -0.1) is 5.92 Å². The topological polar surface area (TPSA) is 80.7 Å². The molecule has 0 fully saturated rings. The molecule has 6 heteroatoms. The molecule has 5 nitrogen and oxygen atoms in total. The quantitative estimate of drug-likeness (QED) is 0.326. The van der Waals surface area contributed by atoms with Crippen LogP contribution >= 0.6 is 0 Å². The highest BCUT2D eigenvalue weighted by Crippen LogP contribution is 2.08. The van der Waals surface area contributed by atoms with Crippen LogP contribution in [0, 0.1) is 17.8 Å².